The number of phenolic OH excluding ortho intramolecular Hbond substituents is 1. The number of aryl methyl sites for hydroxylation is 1. The van der Waals surface area contributed by atoms with Gasteiger partial charge in [0.25, 0.3) is 0 Å². The number of rotatable bonds is 4. The van der Waals surface area contributed by atoms with E-state index in [1.807, 2.05) is 12.1 Å². The first-order chi connectivity index (χ1) is 16.1. The molecule has 0 spiro atoms. The summed E-state index contributed by atoms with van der Waals surface area (Å²) in [7, 11) is 1.77. The zero-order valence-corrected chi connectivity index (χ0v) is 19.8. The molecule has 3 aromatic rings. The summed E-state index contributed by atoms with van der Waals surface area (Å²) in [5.74, 6) is 3.68. The second kappa shape index (κ2) is 8.06. The van der Waals surface area contributed by atoms with Gasteiger partial charge in [-0.15, -0.1) is 0 Å². The molecular formula is C30H35NO2. The predicted octanol–water partition coefficient (Wildman–Crippen LogP) is 6.57. The lowest BCUT2D eigenvalue weighted by Gasteiger charge is -2.51. The van der Waals surface area contributed by atoms with Crippen LogP contribution in [-0.2, 0) is 13.0 Å². The molecule has 3 nitrogen and oxygen atoms in total. The van der Waals surface area contributed by atoms with Gasteiger partial charge in [0.15, 0.2) is 0 Å². The number of methoxy groups -OCH3 is 1. The normalized spacial score (nSPS) is 30.5. The number of phenols is 1. The van der Waals surface area contributed by atoms with Crippen molar-refractivity contribution in [3.05, 3.63) is 71.3 Å². The number of aromatic hydroxyl groups is 1. The minimum Gasteiger partial charge on any atom is -0.508 e. The number of fused-ring (bicyclic) bond motifs is 6. The molecule has 2 fully saturated rings. The summed E-state index contributed by atoms with van der Waals surface area (Å²) in [6.07, 6.45) is 7.62. The fraction of sp³-hybridized carbons (Fsp3) is 0.467. The van der Waals surface area contributed by atoms with Crippen molar-refractivity contribution in [2.45, 2.75) is 64.0 Å². The second-order valence-corrected chi connectivity index (χ2v) is 10.8. The monoisotopic (exact) mass is 441 g/mol. The lowest BCUT2D eigenvalue weighted by Crippen LogP contribution is -2.48. The van der Waals surface area contributed by atoms with Crippen LogP contribution in [0.15, 0.2) is 54.6 Å². The summed E-state index contributed by atoms with van der Waals surface area (Å²) in [6, 6.07) is 19.5. The lowest BCUT2D eigenvalue weighted by molar-refractivity contribution is 0.0408. The van der Waals surface area contributed by atoms with E-state index in [1.165, 1.54) is 49.5 Å². The van der Waals surface area contributed by atoms with E-state index in [2.05, 4.69) is 54.7 Å². The molecule has 6 rings (SSSR count). The van der Waals surface area contributed by atoms with Gasteiger partial charge in [-0.25, -0.2) is 0 Å². The third-order valence-corrected chi connectivity index (χ3v) is 9.47. The van der Waals surface area contributed by atoms with Crippen molar-refractivity contribution in [1.29, 1.82) is 0 Å². The first-order valence-electron chi connectivity index (χ1n) is 12.7. The van der Waals surface area contributed by atoms with Crippen LogP contribution in [0.25, 0.3) is 10.8 Å². The Morgan fingerprint density at radius 2 is 1.91 bits per heavy atom. The highest BCUT2D eigenvalue weighted by atomic mass is 16.5. The largest absolute Gasteiger partial charge is 0.508 e. The van der Waals surface area contributed by atoms with E-state index < -0.39 is 0 Å². The maximum Gasteiger partial charge on any atom is 0.120 e. The van der Waals surface area contributed by atoms with Crippen molar-refractivity contribution in [1.82, 2.24) is 5.32 Å². The fourth-order valence-electron chi connectivity index (χ4n) is 7.76. The fourth-order valence-corrected chi connectivity index (χ4v) is 7.76. The molecular weight excluding hydrogens is 406 g/mol. The highest BCUT2D eigenvalue weighted by Gasteiger charge is 2.54. The van der Waals surface area contributed by atoms with Crippen molar-refractivity contribution in [2.24, 2.45) is 17.3 Å². The van der Waals surface area contributed by atoms with Gasteiger partial charge in [-0.1, -0.05) is 43.3 Å². The van der Waals surface area contributed by atoms with Crippen LogP contribution in [0.2, 0.25) is 0 Å². The molecule has 0 aliphatic heterocycles. The van der Waals surface area contributed by atoms with E-state index in [-0.39, 0.29) is 0 Å². The number of ether oxygens (including phenoxy) is 1. The van der Waals surface area contributed by atoms with Crippen LogP contribution in [0.1, 0.15) is 61.6 Å². The van der Waals surface area contributed by atoms with Gasteiger partial charge in [-0.05, 0) is 102 Å². The predicted molar refractivity (Wildman–Crippen MR) is 134 cm³/mol. The van der Waals surface area contributed by atoms with E-state index in [0.29, 0.717) is 23.1 Å². The summed E-state index contributed by atoms with van der Waals surface area (Å²) in [5.41, 5.74) is 4.48. The van der Waals surface area contributed by atoms with E-state index in [9.17, 15) is 5.11 Å². The van der Waals surface area contributed by atoms with E-state index in [4.69, 9.17) is 4.74 Å². The number of hydrogen-bond donors (Lipinski definition) is 2. The Balaban J connectivity index is 1.22. The van der Waals surface area contributed by atoms with Crippen molar-refractivity contribution in [3.8, 4) is 11.5 Å². The SMILES string of the molecule is COc1ccc2c(c1)CC[C@@H]1[C@@H]2CC[C@]2(C)[C@H](NCc3c(O)ccc4ccccc34)CC[C@@H]12. The Morgan fingerprint density at radius 3 is 2.79 bits per heavy atom. The molecule has 33 heavy (non-hydrogen) atoms. The van der Waals surface area contributed by atoms with Crippen LogP contribution in [0.3, 0.4) is 0 Å². The van der Waals surface area contributed by atoms with Crippen LogP contribution >= 0.6 is 0 Å². The Kier molecular flexibility index (Phi) is 5.14. The summed E-state index contributed by atoms with van der Waals surface area (Å²) in [4.78, 5) is 0. The Bertz CT molecular complexity index is 1190. The molecule has 0 bridgehead atoms. The minimum atomic E-state index is 0.339. The molecule has 0 amide bonds. The third kappa shape index (κ3) is 3.35. The molecule has 2 saturated carbocycles. The average Bonchev–Trinajstić information content (AvgIpc) is 3.19. The Morgan fingerprint density at radius 1 is 1.03 bits per heavy atom. The summed E-state index contributed by atoms with van der Waals surface area (Å²) in [6.45, 7) is 3.28. The molecule has 172 valence electrons. The van der Waals surface area contributed by atoms with Gasteiger partial charge in [0.1, 0.15) is 11.5 Å². The molecule has 0 heterocycles. The van der Waals surface area contributed by atoms with Gasteiger partial charge < -0.3 is 15.2 Å². The van der Waals surface area contributed by atoms with Gasteiger partial charge in [0.05, 0.1) is 7.11 Å². The van der Waals surface area contributed by atoms with Gasteiger partial charge in [0, 0.05) is 18.2 Å². The summed E-state index contributed by atoms with van der Waals surface area (Å²) < 4.78 is 5.49. The maximum absolute atomic E-state index is 10.6. The van der Waals surface area contributed by atoms with E-state index in [1.54, 1.807) is 12.7 Å². The first kappa shape index (κ1) is 21.0. The van der Waals surface area contributed by atoms with Gasteiger partial charge in [-0.3, -0.25) is 0 Å². The van der Waals surface area contributed by atoms with Crippen molar-refractivity contribution in [2.75, 3.05) is 7.11 Å². The summed E-state index contributed by atoms with van der Waals surface area (Å²) in [5, 5.41) is 16.9. The van der Waals surface area contributed by atoms with Gasteiger partial charge in [-0.2, -0.15) is 0 Å². The molecule has 3 heteroatoms. The Labute approximate surface area is 197 Å². The molecule has 2 N–H and O–H groups in total. The number of benzene rings is 3. The number of nitrogens with one attached hydrogen (secondary N) is 1. The highest BCUT2D eigenvalue weighted by Crippen LogP contribution is 2.61. The summed E-state index contributed by atoms with van der Waals surface area (Å²) >= 11 is 0. The standard InChI is InChI=1S/C30H35NO2/c1-30-16-15-24-23-11-9-21(33-2)17-20(23)7-10-25(24)27(30)12-14-29(30)31-18-26-22-6-4-3-5-19(22)8-13-28(26)32/h3-6,8-9,11,13,17,24-25,27,29,31-32H,7,10,12,14-16,18H2,1-2H3/t24-,25-,27+,29-,30+/m1/s1. The van der Waals surface area contributed by atoms with Crippen LogP contribution in [0.5, 0.6) is 11.5 Å². The van der Waals surface area contributed by atoms with Crippen molar-refractivity contribution in [3.63, 3.8) is 0 Å². The van der Waals surface area contributed by atoms with Crippen LogP contribution in [0.4, 0.5) is 0 Å². The van der Waals surface area contributed by atoms with E-state index in [0.717, 1.165) is 35.1 Å². The number of hydrogen-bond acceptors (Lipinski definition) is 3. The van der Waals surface area contributed by atoms with Crippen molar-refractivity contribution >= 4 is 10.8 Å². The average molecular weight is 442 g/mol. The second-order valence-electron chi connectivity index (χ2n) is 10.8. The molecule has 3 aliphatic rings. The minimum absolute atomic E-state index is 0.339. The van der Waals surface area contributed by atoms with Crippen LogP contribution in [-0.4, -0.2) is 18.3 Å². The third-order valence-electron chi connectivity index (χ3n) is 9.47. The first-order valence-corrected chi connectivity index (χ1v) is 12.7. The lowest BCUT2D eigenvalue weighted by atomic mass is 9.55. The maximum atomic E-state index is 10.6. The molecule has 5 atom stereocenters. The zero-order valence-electron chi connectivity index (χ0n) is 19.8. The van der Waals surface area contributed by atoms with Crippen LogP contribution < -0.4 is 10.1 Å². The Hall–Kier alpha value is -2.52. The zero-order chi connectivity index (χ0) is 22.6. The van der Waals surface area contributed by atoms with Gasteiger partial charge >= 0.3 is 0 Å². The molecule has 3 aromatic carbocycles. The molecule has 0 unspecified atom stereocenters. The topological polar surface area (TPSA) is 41.5 Å². The van der Waals surface area contributed by atoms with Crippen LogP contribution in [0, 0.1) is 17.3 Å². The van der Waals surface area contributed by atoms with Gasteiger partial charge in [0.2, 0.25) is 0 Å². The van der Waals surface area contributed by atoms with Crippen molar-refractivity contribution < 1.29 is 9.84 Å². The highest BCUT2D eigenvalue weighted by molar-refractivity contribution is 5.87. The molecule has 0 aromatic heterocycles. The quantitative estimate of drug-likeness (QED) is 0.481. The smallest absolute Gasteiger partial charge is 0.120 e. The molecule has 3 aliphatic carbocycles. The molecule has 0 saturated heterocycles. The van der Waals surface area contributed by atoms with E-state index >= 15 is 0 Å². The molecule has 0 radical (unpaired) electrons.